The highest BCUT2D eigenvalue weighted by Crippen LogP contribution is 2.44. The predicted octanol–water partition coefficient (Wildman–Crippen LogP) is 2.26. The number of rotatable bonds is 8. The molecule has 0 aromatic heterocycles. The molecule has 2 amide bonds. The fraction of sp³-hybridized carbons (Fsp3) is 0.375. The first-order valence-corrected chi connectivity index (χ1v) is 10.7. The van der Waals surface area contributed by atoms with Gasteiger partial charge in [0.25, 0.3) is 0 Å². The minimum absolute atomic E-state index is 0.0707. The second kappa shape index (κ2) is 9.40. The number of aliphatic hydroxyl groups is 1. The molecule has 2 aromatic rings. The summed E-state index contributed by atoms with van der Waals surface area (Å²) in [4.78, 5) is 36.0. The van der Waals surface area contributed by atoms with Crippen molar-refractivity contribution in [1.29, 1.82) is 0 Å². The van der Waals surface area contributed by atoms with Crippen molar-refractivity contribution >= 4 is 18.0 Å². The maximum atomic E-state index is 12.4. The van der Waals surface area contributed by atoms with Crippen molar-refractivity contribution in [2.24, 2.45) is 5.92 Å². The van der Waals surface area contributed by atoms with Gasteiger partial charge < -0.3 is 25.6 Å². The van der Waals surface area contributed by atoms with Gasteiger partial charge in [-0.05, 0) is 41.0 Å². The molecular formula is C24H26N2O6. The molecule has 0 spiro atoms. The van der Waals surface area contributed by atoms with Gasteiger partial charge in [0.05, 0.1) is 12.5 Å². The number of ether oxygens (including phenoxy) is 1. The van der Waals surface area contributed by atoms with Gasteiger partial charge >= 0.3 is 12.1 Å². The Bertz CT molecular complexity index is 972. The molecule has 1 saturated carbocycles. The molecule has 0 saturated heterocycles. The summed E-state index contributed by atoms with van der Waals surface area (Å²) in [7, 11) is 0. The number of nitrogens with one attached hydrogen (secondary N) is 2. The number of carbonyl (C=O) groups excluding carboxylic acids is 2. The number of carboxylic acid groups (broad SMARTS) is 1. The molecule has 2 aliphatic carbocycles. The lowest BCUT2D eigenvalue weighted by molar-refractivity contribution is -0.139. The minimum atomic E-state index is -1.24. The van der Waals surface area contributed by atoms with E-state index in [1.54, 1.807) is 0 Å². The Morgan fingerprint density at radius 2 is 1.59 bits per heavy atom. The Kier molecular flexibility index (Phi) is 6.41. The average Bonchev–Trinajstić information content (AvgIpc) is 3.07. The molecule has 0 heterocycles. The maximum Gasteiger partial charge on any atom is 0.407 e. The number of hydrogen-bond acceptors (Lipinski definition) is 5. The molecule has 2 aliphatic rings. The lowest BCUT2D eigenvalue weighted by Crippen LogP contribution is -2.50. The molecule has 1 unspecified atom stereocenters. The van der Waals surface area contributed by atoms with E-state index < -0.39 is 30.4 Å². The van der Waals surface area contributed by atoms with E-state index in [4.69, 9.17) is 9.84 Å². The van der Waals surface area contributed by atoms with E-state index in [1.807, 2.05) is 48.5 Å². The van der Waals surface area contributed by atoms with Crippen LogP contribution in [0.3, 0.4) is 0 Å². The number of aliphatic hydroxyl groups excluding tert-OH is 1. The summed E-state index contributed by atoms with van der Waals surface area (Å²) in [6, 6.07) is 14.6. The Morgan fingerprint density at radius 3 is 2.16 bits per heavy atom. The van der Waals surface area contributed by atoms with Crippen molar-refractivity contribution in [3.8, 4) is 11.1 Å². The summed E-state index contributed by atoms with van der Waals surface area (Å²) < 4.78 is 5.42. The van der Waals surface area contributed by atoms with E-state index in [0.717, 1.165) is 22.3 Å². The SMILES string of the molecule is O=C(O)CC(NC(=O)OCC1c2ccccc2-c2ccccc21)C(=O)NCC1CC(O)C1. The van der Waals surface area contributed by atoms with Crippen molar-refractivity contribution in [1.82, 2.24) is 10.6 Å². The Hall–Kier alpha value is -3.39. The lowest BCUT2D eigenvalue weighted by Gasteiger charge is -2.31. The van der Waals surface area contributed by atoms with Crippen LogP contribution in [-0.4, -0.2) is 53.5 Å². The topological polar surface area (TPSA) is 125 Å². The second-order valence-corrected chi connectivity index (χ2v) is 8.36. The van der Waals surface area contributed by atoms with Crippen LogP contribution in [0.2, 0.25) is 0 Å². The summed E-state index contributed by atoms with van der Waals surface area (Å²) in [5, 5.41) is 23.5. The smallest absolute Gasteiger partial charge is 0.407 e. The van der Waals surface area contributed by atoms with Crippen LogP contribution >= 0.6 is 0 Å². The van der Waals surface area contributed by atoms with Gasteiger partial charge in [-0.2, -0.15) is 0 Å². The van der Waals surface area contributed by atoms with Crippen molar-refractivity contribution in [2.45, 2.75) is 37.3 Å². The molecular weight excluding hydrogens is 412 g/mol. The molecule has 1 fully saturated rings. The highest BCUT2D eigenvalue weighted by atomic mass is 16.5. The lowest BCUT2D eigenvalue weighted by atomic mass is 9.82. The summed E-state index contributed by atoms with van der Waals surface area (Å²) in [6.45, 7) is 0.402. The zero-order valence-electron chi connectivity index (χ0n) is 17.5. The number of hydrogen-bond donors (Lipinski definition) is 4. The normalized spacial score (nSPS) is 19.8. The van der Waals surface area contributed by atoms with Gasteiger partial charge in [0.2, 0.25) is 5.91 Å². The fourth-order valence-electron chi connectivity index (χ4n) is 4.40. The van der Waals surface area contributed by atoms with Gasteiger partial charge in [-0.3, -0.25) is 9.59 Å². The molecule has 168 valence electrons. The second-order valence-electron chi connectivity index (χ2n) is 8.36. The molecule has 8 nitrogen and oxygen atoms in total. The van der Waals surface area contributed by atoms with Crippen LogP contribution in [0.15, 0.2) is 48.5 Å². The van der Waals surface area contributed by atoms with E-state index in [2.05, 4.69) is 10.6 Å². The van der Waals surface area contributed by atoms with E-state index in [1.165, 1.54) is 0 Å². The van der Waals surface area contributed by atoms with Gasteiger partial charge in [0.1, 0.15) is 12.6 Å². The molecule has 4 rings (SSSR count). The van der Waals surface area contributed by atoms with E-state index in [9.17, 15) is 19.5 Å². The Morgan fingerprint density at radius 1 is 1.00 bits per heavy atom. The quantitative estimate of drug-likeness (QED) is 0.501. The third-order valence-electron chi connectivity index (χ3n) is 6.11. The first kappa shape index (κ1) is 21.8. The third-order valence-corrected chi connectivity index (χ3v) is 6.11. The highest BCUT2D eigenvalue weighted by molar-refractivity contribution is 5.89. The maximum absolute atomic E-state index is 12.4. The standard InChI is InChI=1S/C24H26N2O6/c27-15-9-14(10-15)12-25-23(30)21(11-22(28)29)26-24(31)32-13-20-18-7-3-1-5-16(18)17-6-2-4-8-19(17)20/h1-8,14-15,20-21,27H,9-13H2,(H,25,30)(H,26,31)(H,28,29). The van der Waals surface area contributed by atoms with Gasteiger partial charge in [-0.1, -0.05) is 48.5 Å². The fourth-order valence-corrected chi connectivity index (χ4v) is 4.40. The van der Waals surface area contributed by atoms with Crippen LogP contribution in [0.5, 0.6) is 0 Å². The number of fused-ring (bicyclic) bond motifs is 3. The molecule has 8 heteroatoms. The molecule has 0 aliphatic heterocycles. The van der Waals surface area contributed by atoms with Gasteiger partial charge in [0.15, 0.2) is 0 Å². The Labute approximate surface area is 185 Å². The number of benzene rings is 2. The summed E-state index contributed by atoms with van der Waals surface area (Å²) in [5.74, 6) is -1.76. The molecule has 0 radical (unpaired) electrons. The van der Waals surface area contributed by atoms with Crippen molar-refractivity contribution in [3.63, 3.8) is 0 Å². The van der Waals surface area contributed by atoms with Crippen molar-refractivity contribution in [3.05, 3.63) is 59.7 Å². The summed E-state index contributed by atoms with van der Waals surface area (Å²) in [5.41, 5.74) is 4.32. The first-order chi connectivity index (χ1) is 15.4. The predicted molar refractivity (Wildman–Crippen MR) is 116 cm³/mol. The minimum Gasteiger partial charge on any atom is -0.481 e. The number of carbonyl (C=O) groups is 3. The molecule has 4 N–H and O–H groups in total. The van der Waals surface area contributed by atoms with Crippen LogP contribution in [0, 0.1) is 5.92 Å². The third kappa shape index (κ3) is 4.75. The molecule has 0 bridgehead atoms. The van der Waals surface area contributed by atoms with E-state index in [-0.39, 0.29) is 24.5 Å². The Balaban J connectivity index is 1.36. The van der Waals surface area contributed by atoms with Gasteiger partial charge in [-0.25, -0.2) is 4.79 Å². The monoisotopic (exact) mass is 438 g/mol. The van der Waals surface area contributed by atoms with Crippen LogP contribution in [0.1, 0.15) is 36.3 Å². The van der Waals surface area contributed by atoms with Gasteiger partial charge in [0, 0.05) is 12.5 Å². The van der Waals surface area contributed by atoms with Gasteiger partial charge in [-0.15, -0.1) is 0 Å². The van der Waals surface area contributed by atoms with Crippen LogP contribution in [0.4, 0.5) is 4.79 Å². The number of amides is 2. The zero-order chi connectivity index (χ0) is 22.7. The molecule has 2 aromatic carbocycles. The summed E-state index contributed by atoms with van der Waals surface area (Å²) >= 11 is 0. The molecule has 1 atom stereocenters. The van der Waals surface area contributed by atoms with E-state index >= 15 is 0 Å². The van der Waals surface area contributed by atoms with Crippen molar-refractivity contribution < 1.29 is 29.3 Å². The molecule has 32 heavy (non-hydrogen) atoms. The highest BCUT2D eigenvalue weighted by Gasteiger charge is 2.31. The average molecular weight is 438 g/mol. The van der Waals surface area contributed by atoms with Crippen LogP contribution in [-0.2, 0) is 14.3 Å². The summed E-state index contributed by atoms with van der Waals surface area (Å²) in [6.07, 6.45) is -0.533. The zero-order valence-corrected chi connectivity index (χ0v) is 17.5. The van der Waals surface area contributed by atoms with Crippen LogP contribution < -0.4 is 10.6 Å². The number of aliphatic carboxylic acids is 1. The number of carboxylic acids is 1. The largest absolute Gasteiger partial charge is 0.481 e. The van der Waals surface area contributed by atoms with E-state index in [0.29, 0.717) is 19.4 Å². The first-order valence-electron chi connectivity index (χ1n) is 10.7. The number of alkyl carbamates (subject to hydrolysis) is 1. The van der Waals surface area contributed by atoms with Crippen molar-refractivity contribution in [2.75, 3.05) is 13.2 Å². The van der Waals surface area contributed by atoms with Crippen LogP contribution in [0.25, 0.3) is 11.1 Å².